The quantitative estimate of drug-likeness (QED) is 0.637. The zero-order chi connectivity index (χ0) is 9.84. The molecule has 4 N–H and O–H groups in total. The van der Waals surface area contributed by atoms with Crippen LogP contribution < -0.4 is 5.73 Å². The second-order valence-corrected chi connectivity index (χ2v) is 2.69. The van der Waals surface area contributed by atoms with Gasteiger partial charge in [0.05, 0.1) is 5.56 Å². The van der Waals surface area contributed by atoms with Crippen molar-refractivity contribution in [2.45, 2.75) is 6.42 Å². The summed E-state index contributed by atoms with van der Waals surface area (Å²) in [4.78, 5) is 10.6. The molecule has 13 heavy (non-hydrogen) atoms. The maximum absolute atomic E-state index is 10.6. The Morgan fingerprint density at radius 3 is 2.69 bits per heavy atom. The lowest BCUT2D eigenvalue weighted by Crippen LogP contribution is -2.04. The lowest BCUT2D eigenvalue weighted by Gasteiger charge is -2.03. The summed E-state index contributed by atoms with van der Waals surface area (Å²) in [6.45, 7) is 0.386. The maximum atomic E-state index is 10.6. The first kappa shape index (κ1) is 9.54. The van der Waals surface area contributed by atoms with Crippen molar-refractivity contribution < 1.29 is 15.0 Å². The smallest absolute Gasteiger partial charge is 0.335 e. The Bertz CT molecular complexity index is 323. The number of nitrogens with two attached hydrogens (primary N) is 1. The first-order chi connectivity index (χ1) is 6.15. The predicted octanol–water partition coefficient (Wildman–Crippen LogP) is 0.592. The van der Waals surface area contributed by atoms with E-state index in [2.05, 4.69) is 0 Å². The van der Waals surface area contributed by atoms with E-state index in [1.54, 1.807) is 0 Å². The number of aromatic hydroxyl groups is 1. The molecule has 0 fully saturated rings. The molecule has 4 heteroatoms. The van der Waals surface area contributed by atoms with Gasteiger partial charge in [-0.1, -0.05) is 0 Å². The summed E-state index contributed by atoms with van der Waals surface area (Å²) >= 11 is 0. The van der Waals surface area contributed by atoms with E-state index in [1.165, 1.54) is 18.2 Å². The first-order valence-corrected chi connectivity index (χ1v) is 3.90. The molecular weight excluding hydrogens is 170 g/mol. The minimum Gasteiger partial charge on any atom is -0.508 e. The lowest BCUT2D eigenvalue weighted by atomic mass is 10.1. The number of phenols is 1. The number of phenolic OH excluding ortho intramolecular Hbond substituents is 1. The molecule has 0 amide bonds. The summed E-state index contributed by atoms with van der Waals surface area (Å²) in [5, 5.41) is 18.0. The summed E-state index contributed by atoms with van der Waals surface area (Å²) in [7, 11) is 0. The van der Waals surface area contributed by atoms with Gasteiger partial charge in [-0.25, -0.2) is 4.79 Å². The van der Waals surface area contributed by atoms with Gasteiger partial charge in [0.15, 0.2) is 0 Å². The Morgan fingerprint density at radius 2 is 2.15 bits per heavy atom. The molecule has 0 aliphatic carbocycles. The van der Waals surface area contributed by atoms with E-state index in [1.807, 2.05) is 0 Å². The van der Waals surface area contributed by atoms with E-state index in [-0.39, 0.29) is 11.3 Å². The molecule has 0 unspecified atom stereocenters. The molecule has 0 radical (unpaired) electrons. The van der Waals surface area contributed by atoms with Gasteiger partial charge in [-0.3, -0.25) is 0 Å². The Kier molecular flexibility index (Phi) is 2.87. The highest BCUT2D eigenvalue weighted by Gasteiger charge is 2.06. The third kappa shape index (κ3) is 2.19. The van der Waals surface area contributed by atoms with E-state index in [0.29, 0.717) is 18.5 Å². The highest BCUT2D eigenvalue weighted by Crippen LogP contribution is 2.18. The molecule has 0 bridgehead atoms. The minimum atomic E-state index is -1.00. The van der Waals surface area contributed by atoms with Crippen molar-refractivity contribution in [2.24, 2.45) is 5.73 Å². The number of rotatable bonds is 3. The molecule has 0 saturated heterocycles. The summed E-state index contributed by atoms with van der Waals surface area (Å²) in [5.74, 6) is -0.909. The van der Waals surface area contributed by atoms with Crippen LogP contribution in [-0.4, -0.2) is 22.7 Å². The van der Waals surface area contributed by atoms with Gasteiger partial charge >= 0.3 is 5.97 Å². The average Bonchev–Trinajstić information content (AvgIpc) is 2.08. The van der Waals surface area contributed by atoms with Crippen molar-refractivity contribution >= 4 is 5.97 Å². The van der Waals surface area contributed by atoms with Crippen molar-refractivity contribution in [3.63, 3.8) is 0 Å². The molecule has 0 spiro atoms. The number of benzene rings is 1. The van der Waals surface area contributed by atoms with Crippen LogP contribution in [0.3, 0.4) is 0 Å². The summed E-state index contributed by atoms with van der Waals surface area (Å²) in [6.07, 6.45) is 0.479. The number of hydrogen-bond donors (Lipinski definition) is 3. The molecule has 1 aromatic carbocycles. The summed E-state index contributed by atoms with van der Waals surface area (Å²) in [5.41, 5.74) is 6.04. The van der Waals surface area contributed by atoms with Gasteiger partial charge in [-0.2, -0.15) is 0 Å². The van der Waals surface area contributed by atoms with Crippen LogP contribution in [0, 0.1) is 0 Å². The molecular formula is C9H11NO3. The molecule has 0 aromatic heterocycles. The fourth-order valence-electron chi connectivity index (χ4n) is 1.07. The van der Waals surface area contributed by atoms with E-state index in [4.69, 9.17) is 10.8 Å². The minimum absolute atomic E-state index is 0.0930. The summed E-state index contributed by atoms with van der Waals surface area (Å²) in [6, 6.07) is 4.16. The normalized spacial score (nSPS) is 9.92. The van der Waals surface area contributed by atoms with Gasteiger partial charge in [0, 0.05) is 0 Å². The zero-order valence-corrected chi connectivity index (χ0v) is 7.03. The number of carbonyl (C=O) groups is 1. The van der Waals surface area contributed by atoms with Gasteiger partial charge in [-0.05, 0) is 36.7 Å². The fraction of sp³-hybridized carbons (Fsp3) is 0.222. The van der Waals surface area contributed by atoms with Crippen LogP contribution in [0.1, 0.15) is 15.9 Å². The maximum Gasteiger partial charge on any atom is 0.335 e. The number of aromatic carboxylic acids is 1. The molecule has 70 valence electrons. The largest absolute Gasteiger partial charge is 0.508 e. The second-order valence-electron chi connectivity index (χ2n) is 2.69. The third-order valence-electron chi connectivity index (χ3n) is 1.74. The molecule has 0 aliphatic rings. The van der Waals surface area contributed by atoms with Crippen molar-refractivity contribution in [3.05, 3.63) is 29.3 Å². The van der Waals surface area contributed by atoms with Gasteiger partial charge < -0.3 is 15.9 Å². The van der Waals surface area contributed by atoms with Crippen molar-refractivity contribution in [1.82, 2.24) is 0 Å². The topological polar surface area (TPSA) is 83.6 Å². The summed E-state index contributed by atoms with van der Waals surface area (Å²) < 4.78 is 0. The lowest BCUT2D eigenvalue weighted by molar-refractivity contribution is 0.0697. The highest BCUT2D eigenvalue weighted by molar-refractivity contribution is 5.88. The molecule has 0 atom stereocenters. The van der Waals surface area contributed by atoms with E-state index >= 15 is 0 Å². The van der Waals surface area contributed by atoms with Crippen LogP contribution in [0.15, 0.2) is 18.2 Å². The van der Waals surface area contributed by atoms with Crippen LogP contribution in [0.25, 0.3) is 0 Å². The molecule has 1 rings (SSSR count). The van der Waals surface area contributed by atoms with E-state index in [0.717, 1.165) is 0 Å². The van der Waals surface area contributed by atoms with Crippen LogP contribution >= 0.6 is 0 Å². The van der Waals surface area contributed by atoms with Crippen LogP contribution in [0.4, 0.5) is 0 Å². The van der Waals surface area contributed by atoms with Crippen LogP contribution in [0.2, 0.25) is 0 Å². The first-order valence-electron chi connectivity index (χ1n) is 3.90. The Hall–Kier alpha value is -1.55. The monoisotopic (exact) mass is 181 g/mol. The molecule has 0 heterocycles. The van der Waals surface area contributed by atoms with Gasteiger partial charge in [0.25, 0.3) is 0 Å². The van der Waals surface area contributed by atoms with Gasteiger partial charge in [0.1, 0.15) is 5.75 Å². The Balaban J connectivity index is 3.03. The zero-order valence-electron chi connectivity index (χ0n) is 7.03. The van der Waals surface area contributed by atoms with Crippen molar-refractivity contribution in [1.29, 1.82) is 0 Å². The predicted molar refractivity (Wildman–Crippen MR) is 47.8 cm³/mol. The third-order valence-corrected chi connectivity index (χ3v) is 1.74. The standard InChI is InChI=1S/C9H11NO3/c10-4-3-6-5-7(9(12)13)1-2-8(6)11/h1-2,5,11H,3-4,10H2,(H,12,13). The van der Waals surface area contributed by atoms with Crippen molar-refractivity contribution in [2.75, 3.05) is 6.54 Å². The van der Waals surface area contributed by atoms with Gasteiger partial charge in [0.2, 0.25) is 0 Å². The van der Waals surface area contributed by atoms with Gasteiger partial charge in [-0.15, -0.1) is 0 Å². The Labute approximate surface area is 75.6 Å². The highest BCUT2D eigenvalue weighted by atomic mass is 16.4. The average molecular weight is 181 g/mol. The number of carboxylic acids is 1. The SMILES string of the molecule is NCCc1cc(C(=O)O)ccc1O. The number of hydrogen-bond acceptors (Lipinski definition) is 3. The molecule has 0 aliphatic heterocycles. The van der Waals surface area contributed by atoms with Crippen molar-refractivity contribution in [3.8, 4) is 5.75 Å². The van der Waals surface area contributed by atoms with Crippen LogP contribution in [0.5, 0.6) is 5.75 Å². The molecule has 0 saturated carbocycles. The second kappa shape index (κ2) is 3.91. The van der Waals surface area contributed by atoms with E-state index in [9.17, 15) is 9.90 Å². The van der Waals surface area contributed by atoms with Crippen LogP contribution in [-0.2, 0) is 6.42 Å². The fourth-order valence-corrected chi connectivity index (χ4v) is 1.07. The molecule has 1 aromatic rings. The number of carboxylic acid groups (broad SMARTS) is 1. The van der Waals surface area contributed by atoms with E-state index < -0.39 is 5.97 Å². The molecule has 4 nitrogen and oxygen atoms in total. The Morgan fingerprint density at radius 1 is 1.46 bits per heavy atom.